The number of nitrogens with one attached hydrogen (secondary N) is 1. The summed E-state index contributed by atoms with van der Waals surface area (Å²) in [6.07, 6.45) is 1.59. The van der Waals surface area contributed by atoms with Gasteiger partial charge in [-0.3, -0.25) is 0 Å². The average molecular weight is 175 g/mol. The molecule has 2 heterocycles. The minimum atomic E-state index is 0.412. The van der Waals surface area contributed by atoms with Gasteiger partial charge >= 0.3 is 0 Å². The van der Waals surface area contributed by atoms with Crippen LogP contribution in [0.25, 0.3) is 0 Å². The Kier molecular flexibility index (Phi) is 1.56. The number of fused-ring (bicyclic) bond motifs is 2. The maximum atomic E-state index is 5.89. The van der Waals surface area contributed by atoms with Crippen LogP contribution in [0.3, 0.4) is 0 Å². The molecular weight excluding hydrogens is 162 g/mol. The molecule has 0 amide bonds. The minimum absolute atomic E-state index is 0.412. The van der Waals surface area contributed by atoms with E-state index in [9.17, 15) is 0 Å². The van der Waals surface area contributed by atoms with Gasteiger partial charge in [0.2, 0.25) is 0 Å². The monoisotopic (exact) mass is 175 g/mol. The maximum Gasteiger partial charge on any atom is 0.123 e. The van der Waals surface area contributed by atoms with E-state index in [2.05, 4.69) is 23.5 Å². The third-order valence-corrected chi connectivity index (χ3v) is 3.01. The van der Waals surface area contributed by atoms with Gasteiger partial charge in [-0.05, 0) is 18.1 Å². The van der Waals surface area contributed by atoms with Gasteiger partial charge in [-0.25, -0.2) is 0 Å². The minimum Gasteiger partial charge on any atom is -0.488 e. The normalized spacial score (nSPS) is 30.5. The van der Waals surface area contributed by atoms with Gasteiger partial charge < -0.3 is 10.1 Å². The van der Waals surface area contributed by atoms with Gasteiger partial charge in [-0.15, -0.1) is 0 Å². The molecule has 1 aromatic rings. The van der Waals surface area contributed by atoms with E-state index in [0.717, 1.165) is 18.8 Å². The van der Waals surface area contributed by atoms with Crippen LogP contribution in [-0.4, -0.2) is 19.2 Å². The molecular formula is C11H13NO. The highest BCUT2D eigenvalue weighted by Crippen LogP contribution is 2.31. The Morgan fingerprint density at radius 1 is 1.23 bits per heavy atom. The standard InChI is InChI=1S/C11H13NO/c1-2-4-10-8(3-1)5-9-6-12-7-11(9)13-10/h1-4,9,11-12H,5-7H2/t9-,11-/m0/s1. The fraction of sp³-hybridized carbons (Fsp3) is 0.455. The van der Waals surface area contributed by atoms with Gasteiger partial charge in [0.1, 0.15) is 11.9 Å². The van der Waals surface area contributed by atoms with Crippen molar-refractivity contribution in [2.75, 3.05) is 13.1 Å². The Labute approximate surface area is 77.9 Å². The van der Waals surface area contributed by atoms with Gasteiger partial charge in [-0.1, -0.05) is 18.2 Å². The zero-order valence-corrected chi connectivity index (χ0v) is 7.49. The van der Waals surface area contributed by atoms with Crippen molar-refractivity contribution in [3.8, 4) is 5.75 Å². The van der Waals surface area contributed by atoms with Gasteiger partial charge in [0.25, 0.3) is 0 Å². The zero-order chi connectivity index (χ0) is 8.67. The first-order chi connectivity index (χ1) is 6.43. The molecule has 0 aliphatic carbocycles. The van der Waals surface area contributed by atoms with Crippen LogP contribution in [0.15, 0.2) is 24.3 Å². The third kappa shape index (κ3) is 1.13. The Bertz CT molecular complexity index is 293. The maximum absolute atomic E-state index is 5.89. The van der Waals surface area contributed by atoms with Crippen molar-refractivity contribution in [3.05, 3.63) is 29.8 Å². The van der Waals surface area contributed by atoms with Gasteiger partial charge in [-0.2, -0.15) is 0 Å². The highest BCUT2D eigenvalue weighted by atomic mass is 16.5. The lowest BCUT2D eigenvalue weighted by molar-refractivity contribution is 0.153. The molecule has 13 heavy (non-hydrogen) atoms. The summed E-state index contributed by atoms with van der Waals surface area (Å²) in [6, 6.07) is 8.38. The Balaban J connectivity index is 1.97. The van der Waals surface area contributed by atoms with Crippen molar-refractivity contribution in [2.24, 2.45) is 5.92 Å². The molecule has 68 valence electrons. The fourth-order valence-electron chi connectivity index (χ4n) is 2.28. The molecule has 0 unspecified atom stereocenters. The van der Waals surface area contributed by atoms with Crippen molar-refractivity contribution >= 4 is 0 Å². The molecule has 1 aromatic carbocycles. The molecule has 2 aliphatic heterocycles. The number of para-hydroxylation sites is 1. The van der Waals surface area contributed by atoms with Crippen LogP contribution >= 0.6 is 0 Å². The van der Waals surface area contributed by atoms with Gasteiger partial charge in [0, 0.05) is 19.0 Å². The molecule has 2 aliphatic rings. The number of rotatable bonds is 0. The first-order valence-electron chi connectivity index (χ1n) is 4.89. The van der Waals surface area contributed by atoms with E-state index in [1.54, 1.807) is 0 Å². The van der Waals surface area contributed by atoms with Crippen molar-refractivity contribution in [2.45, 2.75) is 12.5 Å². The lowest BCUT2D eigenvalue weighted by Crippen LogP contribution is -2.31. The lowest BCUT2D eigenvalue weighted by Gasteiger charge is -2.27. The van der Waals surface area contributed by atoms with Crippen LogP contribution in [0, 0.1) is 5.92 Å². The van der Waals surface area contributed by atoms with Gasteiger partial charge in [0.05, 0.1) is 0 Å². The molecule has 0 aromatic heterocycles. The Morgan fingerprint density at radius 3 is 3.15 bits per heavy atom. The topological polar surface area (TPSA) is 21.3 Å². The number of hydrogen-bond donors (Lipinski definition) is 1. The Morgan fingerprint density at radius 2 is 2.15 bits per heavy atom. The molecule has 1 saturated heterocycles. The summed E-state index contributed by atoms with van der Waals surface area (Å²) >= 11 is 0. The average Bonchev–Trinajstić information content (AvgIpc) is 2.61. The second-order valence-corrected chi connectivity index (χ2v) is 3.89. The van der Waals surface area contributed by atoms with Crippen molar-refractivity contribution < 1.29 is 4.74 Å². The first-order valence-corrected chi connectivity index (χ1v) is 4.89. The summed E-state index contributed by atoms with van der Waals surface area (Å²) in [5, 5.41) is 3.37. The van der Waals surface area contributed by atoms with Crippen molar-refractivity contribution in [1.82, 2.24) is 5.32 Å². The highest BCUT2D eigenvalue weighted by molar-refractivity contribution is 5.36. The van der Waals surface area contributed by atoms with Crippen molar-refractivity contribution in [1.29, 1.82) is 0 Å². The van der Waals surface area contributed by atoms with Crippen LogP contribution in [0.4, 0.5) is 0 Å². The van der Waals surface area contributed by atoms with Crippen LogP contribution in [-0.2, 0) is 6.42 Å². The fourth-order valence-corrected chi connectivity index (χ4v) is 2.28. The Hall–Kier alpha value is -1.02. The summed E-state index contributed by atoms with van der Waals surface area (Å²) < 4.78 is 5.89. The summed E-state index contributed by atoms with van der Waals surface area (Å²) in [6.45, 7) is 2.12. The van der Waals surface area contributed by atoms with Gasteiger partial charge in [0.15, 0.2) is 0 Å². The number of ether oxygens (including phenoxy) is 1. The smallest absolute Gasteiger partial charge is 0.123 e. The summed E-state index contributed by atoms with van der Waals surface area (Å²) in [7, 11) is 0. The van der Waals surface area contributed by atoms with E-state index >= 15 is 0 Å². The number of hydrogen-bond acceptors (Lipinski definition) is 2. The van der Waals surface area contributed by atoms with Crippen LogP contribution in [0.1, 0.15) is 5.56 Å². The molecule has 0 saturated carbocycles. The second-order valence-electron chi connectivity index (χ2n) is 3.89. The number of benzene rings is 1. The largest absolute Gasteiger partial charge is 0.488 e. The van der Waals surface area contributed by atoms with E-state index < -0.39 is 0 Å². The van der Waals surface area contributed by atoms with E-state index in [-0.39, 0.29) is 0 Å². The third-order valence-electron chi connectivity index (χ3n) is 3.01. The lowest BCUT2D eigenvalue weighted by atomic mass is 9.93. The molecule has 1 N–H and O–H groups in total. The first kappa shape index (κ1) is 7.39. The van der Waals surface area contributed by atoms with E-state index in [4.69, 9.17) is 4.74 Å². The molecule has 1 fully saturated rings. The quantitative estimate of drug-likeness (QED) is 0.640. The molecule has 0 bridgehead atoms. The molecule has 0 radical (unpaired) electrons. The summed E-state index contributed by atoms with van der Waals surface area (Å²) in [5.41, 5.74) is 1.37. The van der Waals surface area contributed by atoms with E-state index in [0.29, 0.717) is 12.0 Å². The SMILES string of the molecule is c1ccc2c(c1)C[C@H]1CNC[C@@H]1O2. The van der Waals surface area contributed by atoms with E-state index in [1.807, 2.05) is 6.07 Å². The summed E-state index contributed by atoms with van der Waals surface area (Å²) in [5.74, 6) is 1.78. The molecule has 2 nitrogen and oxygen atoms in total. The van der Waals surface area contributed by atoms with Crippen LogP contribution in [0.5, 0.6) is 5.75 Å². The molecule has 3 rings (SSSR count). The molecule has 2 atom stereocenters. The van der Waals surface area contributed by atoms with E-state index in [1.165, 1.54) is 12.0 Å². The molecule has 2 heteroatoms. The summed E-state index contributed by atoms with van der Waals surface area (Å²) in [4.78, 5) is 0. The highest BCUT2D eigenvalue weighted by Gasteiger charge is 2.33. The van der Waals surface area contributed by atoms with Crippen LogP contribution in [0.2, 0.25) is 0 Å². The van der Waals surface area contributed by atoms with Crippen LogP contribution < -0.4 is 10.1 Å². The van der Waals surface area contributed by atoms with Crippen molar-refractivity contribution in [3.63, 3.8) is 0 Å². The zero-order valence-electron chi connectivity index (χ0n) is 7.49. The molecule has 0 spiro atoms. The second kappa shape index (κ2) is 2.74. The predicted molar refractivity (Wildman–Crippen MR) is 50.9 cm³/mol. The predicted octanol–water partition coefficient (Wildman–Crippen LogP) is 1.21.